The first-order valence-electron chi connectivity index (χ1n) is 7.47. The van der Waals surface area contributed by atoms with Gasteiger partial charge in [-0.1, -0.05) is 20.8 Å². The van der Waals surface area contributed by atoms with Gasteiger partial charge in [-0.05, 0) is 37.1 Å². The lowest BCUT2D eigenvalue weighted by atomic mass is 9.61. The van der Waals surface area contributed by atoms with E-state index in [1.165, 1.54) is 0 Å². The SMILES string of the molecule is CNC(=O)CCCNC1CCC(C(=O)O)C(C)(C)C1C. The van der Waals surface area contributed by atoms with Crippen molar-refractivity contribution in [3.05, 3.63) is 0 Å². The summed E-state index contributed by atoms with van der Waals surface area (Å²) in [4.78, 5) is 22.5. The average molecular weight is 284 g/mol. The van der Waals surface area contributed by atoms with E-state index >= 15 is 0 Å². The summed E-state index contributed by atoms with van der Waals surface area (Å²) in [5.74, 6) is -0.576. The quantitative estimate of drug-likeness (QED) is 0.648. The number of carboxylic acids is 1. The highest BCUT2D eigenvalue weighted by Gasteiger charge is 2.45. The highest BCUT2D eigenvalue weighted by molar-refractivity contribution is 5.75. The smallest absolute Gasteiger partial charge is 0.307 e. The Morgan fingerprint density at radius 1 is 1.30 bits per heavy atom. The topological polar surface area (TPSA) is 78.4 Å². The summed E-state index contributed by atoms with van der Waals surface area (Å²) >= 11 is 0. The molecule has 1 aliphatic carbocycles. The molecular weight excluding hydrogens is 256 g/mol. The fraction of sp³-hybridized carbons (Fsp3) is 0.867. The number of amides is 1. The van der Waals surface area contributed by atoms with Crippen LogP contribution in [0.5, 0.6) is 0 Å². The lowest BCUT2D eigenvalue weighted by Crippen LogP contribution is -2.51. The number of carboxylic acid groups (broad SMARTS) is 1. The van der Waals surface area contributed by atoms with Crippen LogP contribution in [0, 0.1) is 17.3 Å². The van der Waals surface area contributed by atoms with Crippen molar-refractivity contribution < 1.29 is 14.7 Å². The van der Waals surface area contributed by atoms with E-state index < -0.39 is 5.97 Å². The average Bonchev–Trinajstić information content (AvgIpc) is 2.38. The maximum absolute atomic E-state index is 11.3. The molecule has 3 unspecified atom stereocenters. The highest BCUT2D eigenvalue weighted by Crippen LogP contribution is 2.45. The zero-order valence-electron chi connectivity index (χ0n) is 13.0. The maximum Gasteiger partial charge on any atom is 0.307 e. The highest BCUT2D eigenvalue weighted by atomic mass is 16.4. The molecule has 0 aromatic heterocycles. The molecule has 1 rings (SSSR count). The van der Waals surface area contributed by atoms with Gasteiger partial charge in [-0.25, -0.2) is 0 Å². The minimum Gasteiger partial charge on any atom is -0.481 e. The van der Waals surface area contributed by atoms with Crippen LogP contribution in [0.2, 0.25) is 0 Å². The predicted octanol–water partition coefficient (Wildman–Crippen LogP) is 1.63. The monoisotopic (exact) mass is 284 g/mol. The Morgan fingerprint density at radius 3 is 2.50 bits per heavy atom. The van der Waals surface area contributed by atoms with Crippen molar-refractivity contribution in [3.8, 4) is 0 Å². The molecule has 1 aliphatic rings. The van der Waals surface area contributed by atoms with Gasteiger partial charge in [-0.3, -0.25) is 9.59 Å². The molecule has 116 valence electrons. The van der Waals surface area contributed by atoms with E-state index in [0.717, 1.165) is 25.8 Å². The second kappa shape index (κ2) is 7.07. The molecule has 3 N–H and O–H groups in total. The van der Waals surface area contributed by atoms with Crippen LogP contribution in [0.3, 0.4) is 0 Å². The summed E-state index contributed by atoms with van der Waals surface area (Å²) in [5.41, 5.74) is -0.206. The molecule has 0 heterocycles. The van der Waals surface area contributed by atoms with Crippen molar-refractivity contribution in [1.82, 2.24) is 10.6 Å². The zero-order valence-corrected chi connectivity index (χ0v) is 13.0. The number of hydrogen-bond donors (Lipinski definition) is 3. The maximum atomic E-state index is 11.3. The molecule has 1 saturated carbocycles. The molecule has 0 aromatic rings. The fourth-order valence-corrected chi connectivity index (χ4v) is 3.19. The van der Waals surface area contributed by atoms with Gasteiger partial charge < -0.3 is 15.7 Å². The molecule has 3 atom stereocenters. The third kappa shape index (κ3) is 3.95. The van der Waals surface area contributed by atoms with Crippen LogP contribution >= 0.6 is 0 Å². The van der Waals surface area contributed by atoms with E-state index in [1.54, 1.807) is 7.05 Å². The van der Waals surface area contributed by atoms with Crippen molar-refractivity contribution in [2.24, 2.45) is 17.3 Å². The number of rotatable bonds is 6. The van der Waals surface area contributed by atoms with Gasteiger partial charge in [-0.15, -0.1) is 0 Å². The van der Waals surface area contributed by atoms with Crippen LogP contribution in [0.1, 0.15) is 46.5 Å². The van der Waals surface area contributed by atoms with E-state index in [9.17, 15) is 14.7 Å². The zero-order chi connectivity index (χ0) is 15.3. The third-order valence-electron chi connectivity index (χ3n) is 5.01. The Hall–Kier alpha value is -1.10. The molecule has 0 aliphatic heterocycles. The van der Waals surface area contributed by atoms with Gasteiger partial charge in [0.25, 0.3) is 0 Å². The molecule has 5 heteroatoms. The molecule has 0 bridgehead atoms. The summed E-state index contributed by atoms with van der Waals surface area (Å²) in [7, 11) is 1.65. The number of hydrogen-bond acceptors (Lipinski definition) is 3. The first kappa shape index (κ1) is 17.0. The molecule has 20 heavy (non-hydrogen) atoms. The van der Waals surface area contributed by atoms with Crippen molar-refractivity contribution >= 4 is 11.9 Å². The normalized spacial score (nSPS) is 28.9. The minimum atomic E-state index is -0.681. The lowest BCUT2D eigenvalue weighted by Gasteiger charge is -2.46. The second-order valence-electron chi connectivity index (χ2n) is 6.42. The molecule has 1 fully saturated rings. The minimum absolute atomic E-state index is 0.0646. The predicted molar refractivity (Wildman–Crippen MR) is 78.4 cm³/mol. The molecular formula is C15H28N2O3. The van der Waals surface area contributed by atoms with Crippen LogP contribution in [0.4, 0.5) is 0 Å². The largest absolute Gasteiger partial charge is 0.481 e. The summed E-state index contributed by atoms with van der Waals surface area (Å²) in [6, 6.07) is 0.338. The van der Waals surface area contributed by atoms with Crippen LogP contribution in [-0.4, -0.2) is 36.6 Å². The fourth-order valence-electron chi connectivity index (χ4n) is 3.19. The first-order valence-corrected chi connectivity index (χ1v) is 7.47. The van der Waals surface area contributed by atoms with E-state index in [-0.39, 0.29) is 17.2 Å². The summed E-state index contributed by atoms with van der Waals surface area (Å²) in [6.07, 6.45) is 2.96. The van der Waals surface area contributed by atoms with E-state index in [0.29, 0.717) is 18.4 Å². The summed E-state index contributed by atoms with van der Waals surface area (Å²) in [5, 5.41) is 15.4. The van der Waals surface area contributed by atoms with Gasteiger partial charge in [0.15, 0.2) is 0 Å². The van der Waals surface area contributed by atoms with Crippen LogP contribution in [0.15, 0.2) is 0 Å². The van der Waals surface area contributed by atoms with E-state index in [2.05, 4.69) is 31.4 Å². The van der Waals surface area contributed by atoms with E-state index in [4.69, 9.17) is 0 Å². The molecule has 0 radical (unpaired) electrons. The molecule has 0 aromatic carbocycles. The lowest BCUT2D eigenvalue weighted by molar-refractivity contribution is -0.150. The summed E-state index contributed by atoms with van der Waals surface area (Å²) in [6.45, 7) is 7.03. The molecule has 1 amide bonds. The van der Waals surface area contributed by atoms with Gasteiger partial charge in [0.1, 0.15) is 0 Å². The second-order valence-corrected chi connectivity index (χ2v) is 6.42. The Balaban J connectivity index is 2.46. The Bertz CT molecular complexity index is 355. The van der Waals surface area contributed by atoms with Gasteiger partial charge in [0.05, 0.1) is 5.92 Å². The van der Waals surface area contributed by atoms with Crippen molar-refractivity contribution in [2.45, 2.75) is 52.5 Å². The van der Waals surface area contributed by atoms with Crippen LogP contribution in [0.25, 0.3) is 0 Å². The molecule has 0 saturated heterocycles. The van der Waals surface area contributed by atoms with Crippen molar-refractivity contribution in [2.75, 3.05) is 13.6 Å². The molecule has 5 nitrogen and oxygen atoms in total. The number of aliphatic carboxylic acids is 1. The van der Waals surface area contributed by atoms with Crippen molar-refractivity contribution in [3.63, 3.8) is 0 Å². The number of nitrogens with one attached hydrogen (secondary N) is 2. The summed E-state index contributed by atoms with van der Waals surface area (Å²) < 4.78 is 0. The third-order valence-corrected chi connectivity index (χ3v) is 5.01. The number of carbonyl (C=O) groups excluding carboxylic acids is 1. The Morgan fingerprint density at radius 2 is 1.95 bits per heavy atom. The van der Waals surface area contributed by atoms with E-state index in [1.807, 2.05) is 0 Å². The van der Waals surface area contributed by atoms with Gasteiger partial charge in [0.2, 0.25) is 5.91 Å². The van der Waals surface area contributed by atoms with Gasteiger partial charge >= 0.3 is 5.97 Å². The standard InChI is InChI=1S/C15H28N2O3/c1-10-12(17-9-5-6-13(18)16-4)8-7-11(14(19)20)15(10,2)3/h10-12,17H,5-9H2,1-4H3,(H,16,18)(H,19,20). The first-order chi connectivity index (χ1) is 9.30. The molecule has 0 spiro atoms. The van der Waals surface area contributed by atoms with Crippen LogP contribution in [-0.2, 0) is 9.59 Å². The van der Waals surface area contributed by atoms with Crippen molar-refractivity contribution in [1.29, 1.82) is 0 Å². The van der Waals surface area contributed by atoms with Gasteiger partial charge in [-0.2, -0.15) is 0 Å². The Labute approximate surface area is 121 Å². The van der Waals surface area contributed by atoms with Crippen LogP contribution < -0.4 is 10.6 Å². The van der Waals surface area contributed by atoms with Gasteiger partial charge in [0, 0.05) is 19.5 Å². The number of carbonyl (C=O) groups is 2. The Kier molecular flexibility index (Phi) is 5.99.